The van der Waals surface area contributed by atoms with Gasteiger partial charge in [0.1, 0.15) is 5.83 Å². The molecule has 3 fully saturated rings. The van der Waals surface area contributed by atoms with Crippen LogP contribution in [0, 0.1) is 28.6 Å². The second-order valence-electron chi connectivity index (χ2n) is 9.40. The summed E-state index contributed by atoms with van der Waals surface area (Å²) in [5.41, 5.74) is -1.91. The zero-order valence-corrected chi connectivity index (χ0v) is 17.3. The largest absolute Gasteiger partial charge is 0.301 e. The predicted octanol–water partition coefficient (Wildman–Crippen LogP) is 4.98. The Hall–Kier alpha value is -2.02. The van der Waals surface area contributed by atoms with Crippen LogP contribution in [0.4, 0.5) is 13.2 Å². The van der Waals surface area contributed by atoms with Crippen LogP contribution in [-0.2, 0) is 0 Å². The molecule has 5 aliphatic rings. The molecule has 0 saturated heterocycles. The number of amides is 1. The Morgan fingerprint density at radius 3 is 2.67 bits per heavy atom. The normalized spacial score (nSPS) is 46.3. The predicted molar refractivity (Wildman–Crippen MR) is 110 cm³/mol. The number of rotatable bonds is 2. The first-order valence-electron chi connectivity index (χ1n) is 10.2. The van der Waals surface area contributed by atoms with Crippen LogP contribution in [0.2, 0.25) is 0 Å². The third kappa shape index (κ3) is 1.88. The molecule has 4 aliphatic carbocycles. The fourth-order valence-corrected chi connectivity index (χ4v) is 8.35. The van der Waals surface area contributed by atoms with Gasteiger partial charge >= 0.3 is 0 Å². The van der Waals surface area contributed by atoms with Gasteiger partial charge in [0.25, 0.3) is 11.8 Å². The van der Waals surface area contributed by atoms with Crippen LogP contribution in [0.25, 0.3) is 0 Å². The van der Waals surface area contributed by atoms with E-state index >= 15 is 0 Å². The van der Waals surface area contributed by atoms with Gasteiger partial charge in [-0.1, -0.05) is 56.0 Å². The molecule has 1 aliphatic heterocycles. The fraction of sp³-hybridized carbons (Fsp3) is 0.478. The van der Waals surface area contributed by atoms with Crippen molar-refractivity contribution in [2.24, 2.45) is 33.6 Å². The summed E-state index contributed by atoms with van der Waals surface area (Å²) in [4.78, 5) is 17.5. The molecule has 30 heavy (non-hydrogen) atoms. The molecular weight excluding hydrogens is 409 g/mol. The number of nitrogens with one attached hydrogen (secondary N) is 1. The molecule has 3 saturated carbocycles. The monoisotopic (exact) mass is 430 g/mol. The van der Waals surface area contributed by atoms with Gasteiger partial charge in [-0.2, -0.15) is 0 Å². The number of carbonyl (C=O) groups is 1. The number of carbonyl (C=O) groups excluding carboxylic acids is 1. The number of hydrogen-bond acceptors (Lipinski definition) is 3. The number of allylic oxidation sites excluding steroid dienone is 4. The van der Waals surface area contributed by atoms with Crippen LogP contribution in [0.3, 0.4) is 0 Å². The molecular formula is C23H21F3N2OS. The Bertz CT molecular complexity index is 1070. The highest BCUT2D eigenvalue weighted by molar-refractivity contribution is 8.14. The third-order valence-electron chi connectivity index (χ3n) is 8.34. The number of thioether (sulfide) groups is 1. The van der Waals surface area contributed by atoms with Crippen LogP contribution in [0.15, 0.2) is 59.4 Å². The van der Waals surface area contributed by atoms with Gasteiger partial charge in [-0.25, -0.2) is 13.2 Å². The summed E-state index contributed by atoms with van der Waals surface area (Å²) in [6, 6.07) is 8.74. The number of alkyl halides is 2. The van der Waals surface area contributed by atoms with E-state index in [1.165, 1.54) is 17.8 Å². The molecule has 1 aromatic carbocycles. The maximum Gasteiger partial charge on any atom is 0.257 e. The van der Waals surface area contributed by atoms with Crippen molar-refractivity contribution in [2.45, 2.75) is 37.0 Å². The molecule has 3 nitrogen and oxygen atoms in total. The number of amidine groups is 1. The van der Waals surface area contributed by atoms with Crippen molar-refractivity contribution < 1.29 is 18.0 Å². The minimum absolute atomic E-state index is 0.133. The number of halogens is 3. The van der Waals surface area contributed by atoms with Crippen LogP contribution in [0.1, 0.15) is 30.6 Å². The van der Waals surface area contributed by atoms with Crippen molar-refractivity contribution in [1.29, 1.82) is 0 Å². The first-order chi connectivity index (χ1) is 14.2. The van der Waals surface area contributed by atoms with Crippen molar-refractivity contribution in [2.75, 3.05) is 0 Å². The lowest BCUT2D eigenvalue weighted by molar-refractivity contribution is -0.117. The Morgan fingerprint density at radius 1 is 1.27 bits per heavy atom. The third-order valence-corrected chi connectivity index (χ3v) is 9.53. The van der Waals surface area contributed by atoms with Gasteiger partial charge in [-0.15, -0.1) is 0 Å². The van der Waals surface area contributed by atoms with Gasteiger partial charge in [0.2, 0.25) is 0 Å². The highest BCUT2D eigenvalue weighted by atomic mass is 32.2. The van der Waals surface area contributed by atoms with E-state index in [0.717, 1.165) is 0 Å². The highest BCUT2D eigenvalue weighted by Gasteiger charge is 3.02. The summed E-state index contributed by atoms with van der Waals surface area (Å²) in [5, 5.41) is 3.06. The lowest BCUT2D eigenvalue weighted by Crippen LogP contribution is -2.46. The van der Waals surface area contributed by atoms with E-state index in [1.807, 2.05) is 26.0 Å². The molecule has 1 amide bonds. The summed E-state index contributed by atoms with van der Waals surface area (Å²) in [6.45, 7) is 3.85. The van der Waals surface area contributed by atoms with Crippen molar-refractivity contribution in [3.8, 4) is 0 Å². The van der Waals surface area contributed by atoms with E-state index in [-0.39, 0.29) is 29.3 Å². The van der Waals surface area contributed by atoms with Gasteiger partial charge in [0.05, 0.1) is 11.5 Å². The summed E-state index contributed by atoms with van der Waals surface area (Å²) in [6.07, 6.45) is 4.82. The minimum Gasteiger partial charge on any atom is -0.301 e. The number of aliphatic imine (C=N–C) groups is 1. The molecule has 0 radical (unpaired) electrons. The SMILES string of the molecule is C[C@H]1SC(NC(=O)c2ccccc2)=N[C@@]2(C3(C)C4C=CC=C(F)C43)C3C(F)(F)CC312. The Balaban J connectivity index is 1.42. The second kappa shape index (κ2) is 5.42. The maximum atomic E-state index is 14.8. The zero-order valence-electron chi connectivity index (χ0n) is 16.5. The quantitative estimate of drug-likeness (QED) is 0.719. The lowest BCUT2D eigenvalue weighted by atomic mass is 9.76. The van der Waals surface area contributed by atoms with Crippen LogP contribution in [-0.4, -0.2) is 27.8 Å². The van der Waals surface area contributed by atoms with Gasteiger partial charge in [-0.3, -0.25) is 9.79 Å². The maximum absolute atomic E-state index is 14.8. The van der Waals surface area contributed by atoms with E-state index in [9.17, 15) is 18.0 Å². The fourth-order valence-electron chi connectivity index (χ4n) is 7.06. The number of benzene rings is 1. The average molecular weight is 430 g/mol. The summed E-state index contributed by atoms with van der Waals surface area (Å²) in [5.74, 6) is -4.82. The first kappa shape index (κ1) is 18.7. The summed E-state index contributed by atoms with van der Waals surface area (Å²) >= 11 is 1.35. The van der Waals surface area contributed by atoms with Gasteiger partial charge in [0.15, 0.2) is 5.17 Å². The van der Waals surface area contributed by atoms with Crippen molar-refractivity contribution in [1.82, 2.24) is 5.32 Å². The molecule has 1 spiro atoms. The number of nitrogens with zero attached hydrogens (tertiary/aromatic N) is 1. The van der Waals surface area contributed by atoms with Gasteiger partial charge in [0, 0.05) is 34.0 Å². The topological polar surface area (TPSA) is 41.5 Å². The van der Waals surface area contributed by atoms with E-state index in [1.54, 1.807) is 30.3 Å². The van der Waals surface area contributed by atoms with Gasteiger partial charge < -0.3 is 5.32 Å². The van der Waals surface area contributed by atoms with Crippen molar-refractivity contribution in [3.63, 3.8) is 0 Å². The molecule has 7 atom stereocenters. The van der Waals surface area contributed by atoms with E-state index in [4.69, 9.17) is 4.99 Å². The molecule has 0 aromatic heterocycles. The standard InChI is InChI=1S/C23H21F3N2OS/c1-12-21-11-22(25,26)18(21)23(21,20(2)14-9-6-10-15(24)16(14)20)28-19(30-12)27-17(29)13-7-4-3-5-8-13/h3-10,12,14,16,18H,11H2,1-2H3,(H,27,28,29)/t12-,14?,16?,18?,20?,21?,23-/m1/s1. The number of fused-ring (bicyclic) bond motifs is 2. The van der Waals surface area contributed by atoms with Crippen molar-refractivity contribution >= 4 is 22.8 Å². The smallest absolute Gasteiger partial charge is 0.257 e. The Kier molecular flexibility index (Phi) is 3.38. The summed E-state index contributed by atoms with van der Waals surface area (Å²) < 4.78 is 44.2. The van der Waals surface area contributed by atoms with E-state index in [0.29, 0.717) is 10.7 Å². The molecule has 7 heteroatoms. The Labute approximate surface area is 176 Å². The molecule has 1 N–H and O–H groups in total. The number of hydrogen-bond donors (Lipinski definition) is 1. The van der Waals surface area contributed by atoms with E-state index in [2.05, 4.69) is 5.32 Å². The van der Waals surface area contributed by atoms with Crippen LogP contribution >= 0.6 is 11.8 Å². The highest BCUT2D eigenvalue weighted by Crippen LogP contribution is 2.94. The Morgan fingerprint density at radius 2 is 2.00 bits per heavy atom. The van der Waals surface area contributed by atoms with Crippen molar-refractivity contribution in [3.05, 3.63) is 60.0 Å². The molecule has 5 unspecified atom stereocenters. The molecule has 1 aromatic rings. The van der Waals surface area contributed by atoms with E-state index < -0.39 is 34.1 Å². The summed E-state index contributed by atoms with van der Waals surface area (Å²) in [7, 11) is 0. The van der Waals surface area contributed by atoms with Crippen LogP contribution in [0.5, 0.6) is 0 Å². The zero-order chi connectivity index (χ0) is 21.1. The first-order valence-corrected chi connectivity index (χ1v) is 11.1. The second-order valence-corrected chi connectivity index (χ2v) is 10.7. The average Bonchev–Trinajstić information content (AvgIpc) is 3.51. The molecule has 0 bridgehead atoms. The minimum atomic E-state index is -2.81. The molecule has 1 heterocycles. The van der Waals surface area contributed by atoms with Gasteiger partial charge in [-0.05, 0) is 24.1 Å². The lowest BCUT2D eigenvalue weighted by Gasteiger charge is -2.40. The molecule has 156 valence electrons. The molecule has 6 rings (SSSR count). The van der Waals surface area contributed by atoms with Crippen LogP contribution < -0.4 is 5.32 Å².